The molecule has 4 nitrogen and oxygen atoms in total. The number of methoxy groups -OCH3 is 1. The van der Waals surface area contributed by atoms with Gasteiger partial charge in [-0.25, -0.2) is 0 Å². The van der Waals surface area contributed by atoms with Crippen molar-refractivity contribution in [3.05, 3.63) is 59.7 Å². The molecule has 0 spiro atoms. The van der Waals surface area contributed by atoms with Crippen LogP contribution in [0.5, 0.6) is 17.2 Å². The number of ether oxygens (including phenoxy) is 2. The van der Waals surface area contributed by atoms with Crippen LogP contribution >= 0.6 is 0 Å². The topological polar surface area (TPSA) is 54.3 Å². The lowest BCUT2D eigenvalue weighted by molar-refractivity contribution is 0.407. The fourth-order valence-electron chi connectivity index (χ4n) is 3.70. The Morgan fingerprint density at radius 1 is 1.08 bits per heavy atom. The zero-order chi connectivity index (χ0) is 17.2. The number of nitriles is 1. The maximum atomic E-state index is 9.04. The van der Waals surface area contributed by atoms with Crippen molar-refractivity contribution in [1.82, 2.24) is 5.32 Å². The lowest BCUT2D eigenvalue weighted by atomic mass is 9.98. The van der Waals surface area contributed by atoms with E-state index >= 15 is 0 Å². The first-order valence-corrected chi connectivity index (χ1v) is 8.54. The van der Waals surface area contributed by atoms with Gasteiger partial charge in [0, 0.05) is 12.6 Å². The lowest BCUT2D eigenvalue weighted by Crippen LogP contribution is -2.09. The molecule has 2 atom stereocenters. The maximum absolute atomic E-state index is 9.04. The van der Waals surface area contributed by atoms with Crippen molar-refractivity contribution in [2.24, 2.45) is 11.8 Å². The highest BCUT2D eigenvalue weighted by Crippen LogP contribution is 2.38. The number of nitrogens with zero attached hydrogens (tertiary/aromatic N) is 1. The number of hydrogen-bond donors (Lipinski definition) is 1. The van der Waals surface area contributed by atoms with E-state index in [9.17, 15) is 0 Å². The van der Waals surface area contributed by atoms with Gasteiger partial charge in [-0.05, 0) is 60.2 Å². The third-order valence-electron chi connectivity index (χ3n) is 5.04. The third kappa shape index (κ3) is 3.11. The van der Waals surface area contributed by atoms with Crippen LogP contribution in [0.15, 0.2) is 48.5 Å². The van der Waals surface area contributed by atoms with Crippen molar-refractivity contribution >= 4 is 5.57 Å². The highest BCUT2D eigenvalue weighted by atomic mass is 16.5. The Hall–Kier alpha value is -2.77. The van der Waals surface area contributed by atoms with Crippen LogP contribution in [0.2, 0.25) is 0 Å². The summed E-state index contributed by atoms with van der Waals surface area (Å²) in [6.07, 6.45) is 3.58. The average molecular weight is 332 g/mol. The van der Waals surface area contributed by atoms with E-state index in [0.717, 1.165) is 31.2 Å². The molecule has 2 aromatic carbocycles. The fraction of sp³-hybridized carbons (Fsp3) is 0.286. The number of fused-ring (bicyclic) bond motifs is 1. The van der Waals surface area contributed by atoms with Crippen LogP contribution in [0.1, 0.15) is 17.5 Å². The Morgan fingerprint density at radius 3 is 2.60 bits per heavy atom. The molecule has 0 radical (unpaired) electrons. The molecule has 1 fully saturated rings. The number of allylic oxidation sites excluding steroid dienone is 1. The first-order valence-electron chi connectivity index (χ1n) is 8.54. The monoisotopic (exact) mass is 332 g/mol. The van der Waals surface area contributed by atoms with Gasteiger partial charge in [0.1, 0.15) is 23.3 Å². The highest BCUT2D eigenvalue weighted by Gasteiger charge is 2.31. The van der Waals surface area contributed by atoms with E-state index in [1.165, 1.54) is 11.1 Å². The Kier molecular flexibility index (Phi) is 4.17. The summed E-state index contributed by atoms with van der Waals surface area (Å²) in [5.74, 6) is 3.40. The van der Waals surface area contributed by atoms with Gasteiger partial charge in [0.2, 0.25) is 0 Å². The van der Waals surface area contributed by atoms with Gasteiger partial charge in [-0.15, -0.1) is 0 Å². The first-order chi connectivity index (χ1) is 12.3. The zero-order valence-corrected chi connectivity index (χ0v) is 14.2. The molecule has 25 heavy (non-hydrogen) atoms. The largest absolute Gasteiger partial charge is 0.495 e. The van der Waals surface area contributed by atoms with Crippen LogP contribution in [-0.2, 0) is 0 Å². The molecular formula is C21H20N2O2. The van der Waals surface area contributed by atoms with Crippen LogP contribution in [0.3, 0.4) is 0 Å². The fourth-order valence-corrected chi connectivity index (χ4v) is 3.70. The Bertz CT molecular complexity index is 849. The lowest BCUT2D eigenvalue weighted by Gasteiger charge is -2.10. The summed E-state index contributed by atoms with van der Waals surface area (Å²) >= 11 is 0. The Morgan fingerprint density at radius 2 is 1.88 bits per heavy atom. The van der Waals surface area contributed by atoms with Crippen molar-refractivity contribution in [3.63, 3.8) is 0 Å². The summed E-state index contributed by atoms with van der Waals surface area (Å²) in [6.45, 7) is 2.24. The van der Waals surface area contributed by atoms with Crippen LogP contribution in [-0.4, -0.2) is 20.2 Å². The van der Waals surface area contributed by atoms with Crippen molar-refractivity contribution in [2.75, 3.05) is 20.2 Å². The molecule has 0 bridgehead atoms. The van der Waals surface area contributed by atoms with Crippen LogP contribution in [0.25, 0.3) is 5.57 Å². The molecule has 1 aliphatic carbocycles. The minimum absolute atomic E-state index is 0.499. The van der Waals surface area contributed by atoms with E-state index in [0.29, 0.717) is 23.0 Å². The van der Waals surface area contributed by atoms with E-state index in [4.69, 9.17) is 14.7 Å². The molecule has 4 rings (SSSR count). The molecule has 0 saturated carbocycles. The third-order valence-corrected chi connectivity index (χ3v) is 5.04. The van der Waals surface area contributed by atoms with Gasteiger partial charge in [0.05, 0.1) is 12.7 Å². The summed E-state index contributed by atoms with van der Waals surface area (Å²) in [6, 6.07) is 15.6. The smallest absolute Gasteiger partial charge is 0.140 e. The number of hydrogen-bond acceptors (Lipinski definition) is 4. The number of nitrogens with one attached hydrogen (secondary N) is 1. The molecule has 1 N–H and O–H groups in total. The van der Waals surface area contributed by atoms with Gasteiger partial charge in [-0.1, -0.05) is 18.2 Å². The second-order valence-corrected chi connectivity index (χ2v) is 6.58. The van der Waals surface area contributed by atoms with Gasteiger partial charge >= 0.3 is 0 Å². The summed E-state index contributed by atoms with van der Waals surface area (Å²) in [5, 5.41) is 12.5. The molecule has 2 aliphatic rings. The minimum Gasteiger partial charge on any atom is -0.495 e. The number of rotatable bonds is 4. The molecule has 1 saturated heterocycles. The quantitative estimate of drug-likeness (QED) is 0.920. The summed E-state index contributed by atoms with van der Waals surface area (Å²) in [5.41, 5.74) is 3.22. The molecule has 0 aromatic heterocycles. The molecule has 0 unspecified atom stereocenters. The second kappa shape index (κ2) is 6.62. The van der Waals surface area contributed by atoms with Crippen molar-refractivity contribution in [2.45, 2.75) is 6.42 Å². The summed E-state index contributed by atoms with van der Waals surface area (Å²) in [4.78, 5) is 0. The van der Waals surface area contributed by atoms with Crippen molar-refractivity contribution in [3.8, 4) is 23.3 Å². The first kappa shape index (κ1) is 15.7. The van der Waals surface area contributed by atoms with Gasteiger partial charge < -0.3 is 14.8 Å². The molecular weight excluding hydrogens is 312 g/mol. The standard InChI is InChI=1S/C21H20N2O2/c1-24-21-10-20(7-4-15(21)11-22)25-19-5-2-14(3-6-19)16-8-17-12-23-13-18(17)9-16/h2-8,10,17-18,23H,9,12-13H2,1H3/t17-,18+/m0/s1. The molecule has 126 valence electrons. The van der Waals surface area contributed by atoms with Gasteiger partial charge in [-0.2, -0.15) is 5.26 Å². The molecule has 2 aromatic rings. The molecule has 1 aliphatic heterocycles. The number of benzene rings is 2. The SMILES string of the molecule is COc1cc(Oc2ccc(C3=C[C@H]4CNC[C@H]4C3)cc2)ccc1C#N. The normalized spacial score (nSPS) is 21.4. The van der Waals surface area contributed by atoms with Crippen molar-refractivity contribution in [1.29, 1.82) is 5.26 Å². The van der Waals surface area contributed by atoms with Gasteiger partial charge in [0.25, 0.3) is 0 Å². The predicted octanol–water partition coefficient (Wildman–Crippen LogP) is 3.98. The molecule has 1 heterocycles. The van der Waals surface area contributed by atoms with Crippen LogP contribution in [0, 0.1) is 23.2 Å². The van der Waals surface area contributed by atoms with Crippen LogP contribution in [0.4, 0.5) is 0 Å². The van der Waals surface area contributed by atoms with E-state index < -0.39 is 0 Å². The summed E-state index contributed by atoms with van der Waals surface area (Å²) in [7, 11) is 1.55. The van der Waals surface area contributed by atoms with E-state index in [1.54, 1.807) is 25.3 Å². The molecule has 0 amide bonds. The summed E-state index contributed by atoms with van der Waals surface area (Å²) < 4.78 is 11.1. The van der Waals surface area contributed by atoms with E-state index in [1.807, 2.05) is 12.1 Å². The van der Waals surface area contributed by atoms with E-state index in [2.05, 4.69) is 29.6 Å². The van der Waals surface area contributed by atoms with Crippen molar-refractivity contribution < 1.29 is 9.47 Å². The van der Waals surface area contributed by atoms with Crippen LogP contribution < -0.4 is 14.8 Å². The van der Waals surface area contributed by atoms with E-state index in [-0.39, 0.29) is 0 Å². The van der Waals surface area contributed by atoms with Gasteiger partial charge in [-0.3, -0.25) is 0 Å². The molecule has 4 heteroatoms. The second-order valence-electron chi connectivity index (χ2n) is 6.58. The maximum Gasteiger partial charge on any atom is 0.140 e. The average Bonchev–Trinajstić information content (AvgIpc) is 3.24. The zero-order valence-electron chi connectivity index (χ0n) is 14.2. The Labute approximate surface area is 147 Å². The highest BCUT2D eigenvalue weighted by molar-refractivity contribution is 5.69. The minimum atomic E-state index is 0.499. The predicted molar refractivity (Wildman–Crippen MR) is 96.7 cm³/mol. The van der Waals surface area contributed by atoms with Gasteiger partial charge in [0.15, 0.2) is 0 Å². The Balaban J connectivity index is 1.49.